The molecule has 36 heavy (non-hydrogen) atoms. The number of hydrogen-bond acceptors (Lipinski definition) is 4. The molecule has 4 aliphatic rings. The van der Waals surface area contributed by atoms with E-state index in [0.29, 0.717) is 6.54 Å². The molecule has 3 fully saturated rings. The zero-order valence-corrected chi connectivity index (χ0v) is 22.2. The van der Waals surface area contributed by atoms with E-state index in [1.807, 2.05) is 12.1 Å². The molecule has 0 radical (unpaired) electrons. The van der Waals surface area contributed by atoms with Gasteiger partial charge in [0.2, 0.25) is 0 Å². The van der Waals surface area contributed by atoms with Crippen LogP contribution in [0.15, 0.2) is 42.5 Å². The average molecular weight is 487 g/mol. The van der Waals surface area contributed by atoms with Gasteiger partial charge in [-0.3, -0.25) is 9.69 Å². The fourth-order valence-corrected chi connectivity index (χ4v) is 7.12. The Labute approximate surface area is 217 Å². The minimum Gasteiger partial charge on any atom is -0.372 e. The highest BCUT2D eigenvalue weighted by atomic mass is 16.2. The standard InChI is InChI=1S/C31H42N4O/c1-31(2)23-35(30(36)24-9-11-27(12-10-24)32-15-5-6-16-32)22-25-21-28(13-14-29(25)31)34-19-17-33(18-20-34)26-7-3-4-8-26/h9-14,21,26H,3-8,15-20,22-23H2,1-2H3. The lowest BCUT2D eigenvalue weighted by Gasteiger charge is -2.42. The molecule has 0 unspecified atom stereocenters. The molecule has 3 aliphatic heterocycles. The summed E-state index contributed by atoms with van der Waals surface area (Å²) >= 11 is 0. The Morgan fingerprint density at radius 2 is 1.42 bits per heavy atom. The average Bonchev–Trinajstić information content (AvgIpc) is 3.63. The first-order valence-corrected chi connectivity index (χ1v) is 14.2. The number of carbonyl (C=O) groups excluding carboxylic acids is 1. The Bertz CT molecular complexity index is 1070. The van der Waals surface area contributed by atoms with Crippen LogP contribution >= 0.6 is 0 Å². The lowest BCUT2D eigenvalue weighted by molar-refractivity contribution is 0.0686. The van der Waals surface area contributed by atoms with Gasteiger partial charge in [0.25, 0.3) is 5.91 Å². The molecule has 192 valence electrons. The molecule has 6 rings (SSSR count). The zero-order valence-electron chi connectivity index (χ0n) is 22.2. The van der Waals surface area contributed by atoms with E-state index in [1.54, 1.807) is 0 Å². The first-order chi connectivity index (χ1) is 17.5. The first kappa shape index (κ1) is 23.8. The quantitative estimate of drug-likeness (QED) is 0.588. The fourth-order valence-electron chi connectivity index (χ4n) is 7.12. The van der Waals surface area contributed by atoms with Gasteiger partial charge in [-0.15, -0.1) is 0 Å². The van der Waals surface area contributed by atoms with Crippen LogP contribution in [0.2, 0.25) is 0 Å². The molecular formula is C31H42N4O. The van der Waals surface area contributed by atoms with E-state index >= 15 is 0 Å². The van der Waals surface area contributed by atoms with E-state index in [4.69, 9.17) is 0 Å². The van der Waals surface area contributed by atoms with Crippen molar-refractivity contribution in [1.82, 2.24) is 9.80 Å². The van der Waals surface area contributed by atoms with Crippen LogP contribution in [0, 0.1) is 0 Å². The molecule has 0 spiro atoms. The fraction of sp³-hybridized carbons (Fsp3) is 0.581. The van der Waals surface area contributed by atoms with E-state index in [1.165, 1.54) is 74.1 Å². The predicted molar refractivity (Wildman–Crippen MR) is 148 cm³/mol. The van der Waals surface area contributed by atoms with Crippen molar-refractivity contribution in [2.24, 2.45) is 0 Å². The topological polar surface area (TPSA) is 30.0 Å². The summed E-state index contributed by atoms with van der Waals surface area (Å²) in [4.78, 5) is 23.3. The van der Waals surface area contributed by atoms with Crippen molar-refractivity contribution in [3.63, 3.8) is 0 Å². The van der Waals surface area contributed by atoms with E-state index in [9.17, 15) is 4.79 Å². The van der Waals surface area contributed by atoms with Crippen molar-refractivity contribution >= 4 is 17.3 Å². The van der Waals surface area contributed by atoms with Gasteiger partial charge in [0.1, 0.15) is 0 Å². The Morgan fingerprint density at radius 3 is 2.11 bits per heavy atom. The minimum absolute atomic E-state index is 0.0571. The molecule has 0 bridgehead atoms. The van der Waals surface area contributed by atoms with Crippen molar-refractivity contribution in [3.8, 4) is 0 Å². The Balaban J connectivity index is 1.16. The van der Waals surface area contributed by atoms with E-state index in [2.05, 4.69) is 63.8 Å². The molecule has 1 saturated carbocycles. The van der Waals surface area contributed by atoms with Gasteiger partial charge in [0.05, 0.1) is 0 Å². The van der Waals surface area contributed by atoms with Crippen LogP contribution in [-0.2, 0) is 12.0 Å². The SMILES string of the molecule is CC1(C)CN(C(=O)c2ccc(N3CCCC3)cc2)Cc2cc(N3CCN(C4CCCC4)CC3)ccc21. The maximum Gasteiger partial charge on any atom is 0.254 e. The highest BCUT2D eigenvalue weighted by molar-refractivity contribution is 5.95. The number of rotatable bonds is 4. The summed E-state index contributed by atoms with van der Waals surface area (Å²) in [5.41, 5.74) is 6.01. The zero-order chi connectivity index (χ0) is 24.7. The smallest absolute Gasteiger partial charge is 0.254 e. The van der Waals surface area contributed by atoms with Crippen molar-refractivity contribution in [1.29, 1.82) is 0 Å². The third-order valence-electron chi connectivity index (χ3n) is 9.16. The van der Waals surface area contributed by atoms with Crippen LogP contribution in [0.5, 0.6) is 0 Å². The van der Waals surface area contributed by atoms with E-state index < -0.39 is 0 Å². The van der Waals surface area contributed by atoms with Crippen LogP contribution in [-0.4, -0.2) is 67.6 Å². The number of fused-ring (bicyclic) bond motifs is 1. The number of nitrogens with zero attached hydrogens (tertiary/aromatic N) is 4. The summed E-state index contributed by atoms with van der Waals surface area (Å²) in [6.07, 6.45) is 8.12. The monoisotopic (exact) mass is 486 g/mol. The molecule has 1 aliphatic carbocycles. The van der Waals surface area contributed by atoms with Crippen molar-refractivity contribution in [2.75, 3.05) is 55.6 Å². The maximum absolute atomic E-state index is 13.6. The van der Waals surface area contributed by atoms with Crippen molar-refractivity contribution < 1.29 is 4.79 Å². The summed E-state index contributed by atoms with van der Waals surface area (Å²) in [7, 11) is 0. The molecular weight excluding hydrogens is 444 g/mol. The van der Waals surface area contributed by atoms with E-state index in [-0.39, 0.29) is 11.3 Å². The van der Waals surface area contributed by atoms with Gasteiger partial charge in [0.15, 0.2) is 0 Å². The number of anilines is 2. The van der Waals surface area contributed by atoms with E-state index in [0.717, 1.165) is 44.3 Å². The van der Waals surface area contributed by atoms with Gasteiger partial charge >= 0.3 is 0 Å². The van der Waals surface area contributed by atoms with Crippen LogP contribution < -0.4 is 9.80 Å². The Kier molecular flexibility index (Phi) is 6.45. The highest BCUT2D eigenvalue weighted by Crippen LogP contribution is 2.37. The number of hydrogen-bond donors (Lipinski definition) is 0. The van der Waals surface area contributed by atoms with Gasteiger partial charge in [-0.05, 0) is 73.2 Å². The summed E-state index contributed by atoms with van der Waals surface area (Å²) in [6.45, 7) is 12.8. The molecule has 2 saturated heterocycles. The number of piperazine rings is 1. The third kappa shape index (κ3) is 4.63. The van der Waals surface area contributed by atoms with Crippen LogP contribution in [0.4, 0.5) is 11.4 Å². The molecule has 3 heterocycles. The maximum atomic E-state index is 13.6. The van der Waals surface area contributed by atoms with Crippen molar-refractivity contribution in [3.05, 3.63) is 59.2 Å². The second kappa shape index (κ2) is 9.74. The van der Waals surface area contributed by atoms with Gasteiger partial charge in [-0.25, -0.2) is 0 Å². The Hall–Kier alpha value is -2.53. The molecule has 2 aromatic carbocycles. The summed E-state index contributed by atoms with van der Waals surface area (Å²) < 4.78 is 0. The summed E-state index contributed by atoms with van der Waals surface area (Å²) in [6, 6.07) is 16.2. The second-order valence-corrected chi connectivity index (χ2v) is 12.1. The van der Waals surface area contributed by atoms with Crippen LogP contribution in [0.25, 0.3) is 0 Å². The molecule has 0 N–H and O–H groups in total. The van der Waals surface area contributed by atoms with Crippen LogP contribution in [0.3, 0.4) is 0 Å². The molecule has 1 amide bonds. The normalized spacial score (nSPS) is 22.8. The van der Waals surface area contributed by atoms with Gasteiger partial charge in [0, 0.05) is 80.8 Å². The lowest BCUT2D eigenvalue weighted by Crippen LogP contribution is -2.50. The number of amides is 1. The minimum atomic E-state index is -0.0571. The first-order valence-electron chi connectivity index (χ1n) is 14.2. The number of carbonyl (C=O) groups is 1. The molecule has 2 aromatic rings. The predicted octanol–water partition coefficient (Wildman–Crippen LogP) is 5.29. The highest BCUT2D eigenvalue weighted by Gasteiger charge is 2.35. The summed E-state index contributed by atoms with van der Waals surface area (Å²) in [5, 5.41) is 0. The molecule has 0 aromatic heterocycles. The molecule has 0 atom stereocenters. The lowest BCUT2D eigenvalue weighted by atomic mass is 9.78. The van der Waals surface area contributed by atoms with Crippen LogP contribution in [0.1, 0.15) is 73.9 Å². The Morgan fingerprint density at radius 1 is 0.778 bits per heavy atom. The van der Waals surface area contributed by atoms with Gasteiger partial charge in [-0.2, -0.15) is 0 Å². The van der Waals surface area contributed by atoms with Gasteiger partial charge < -0.3 is 14.7 Å². The summed E-state index contributed by atoms with van der Waals surface area (Å²) in [5.74, 6) is 0.150. The molecule has 5 nitrogen and oxygen atoms in total. The third-order valence-corrected chi connectivity index (χ3v) is 9.16. The largest absolute Gasteiger partial charge is 0.372 e. The second-order valence-electron chi connectivity index (χ2n) is 12.1. The van der Waals surface area contributed by atoms with Crippen molar-refractivity contribution in [2.45, 2.75) is 70.4 Å². The van der Waals surface area contributed by atoms with Gasteiger partial charge in [-0.1, -0.05) is 32.8 Å². The molecule has 5 heteroatoms. The number of benzene rings is 2.